The van der Waals surface area contributed by atoms with Gasteiger partial charge in [0, 0.05) is 23.5 Å². The van der Waals surface area contributed by atoms with Crippen LogP contribution in [-0.4, -0.2) is 21.5 Å². The van der Waals surface area contributed by atoms with Crippen molar-refractivity contribution in [3.63, 3.8) is 0 Å². The minimum absolute atomic E-state index is 0.0241. The fourth-order valence-corrected chi connectivity index (χ4v) is 1.62. The standard InChI is InChI=1S/C8H16NOS/c1-7(2)9(11-6-10)8(3,4)5/h7H,1-5H3. The molecule has 0 aliphatic carbocycles. The Morgan fingerprint density at radius 2 is 1.82 bits per heavy atom. The second-order valence-electron chi connectivity index (χ2n) is 3.76. The maximum absolute atomic E-state index is 10.2. The van der Waals surface area contributed by atoms with Crippen LogP contribution in [0.15, 0.2) is 0 Å². The van der Waals surface area contributed by atoms with E-state index in [1.54, 1.807) is 0 Å². The first-order chi connectivity index (χ1) is 4.89. The predicted molar refractivity (Wildman–Crippen MR) is 50.0 cm³/mol. The summed E-state index contributed by atoms with van der Waals surface area (Å²) in [7, 11) is 0. The van der Waals surface area contributed by atoms with Crippen LogP contribution in [0.1, 0.15) is 34.6 Å². The van der Waals surface area contributed by atoms with Crippen molar-refractivity contribution >= 4 is 17.6 Å². The summed E-state index contributed by atoms with van der Waals surface area (Å²) in [4.78, 5) is 10.2. The lowest BCUT2D eigenvalue weighted by Crippen LogP contribution is -2.40. The van der Waals surface area contributed by atoms with Crippen molar-refractivity contribution in [1.29, 1.82) is 0 Å². The third-order valence-corrected chi connectivity index (χ3v) is 2.51. The molecule has 0 aromatic carbocycles. The normalized spacial score (nSPS) is 12.6. The van der Waals surface area contributed by atoms with Crippen LogP contribution in [0.25, 0.3) is 0 Å². The summed E-state index contributed by atoms with van der Waals surface area (Å²) < 4.78 is 2.03. The van der Waals surface area contributed by atoms with E-state index >= 15 is 0 Å². The third kappa shape index (κ3) is 3.77. The van der Waals surface area contributed by atoms with Crippen LogP contribution in [0.3, 0.4) is 0 Å². The molecule has 2 nitrogen and oxygen atoms in total. The summed E-state index contributed by atoms with van der Waals surface area (Å²) in [5.74, 6) is 0. The van der Waals surface area contributed by atoms with Crippen molar-refractivity contribution in [2.45, 2.75) is 46.2 Å². The topological polar surface area (TPSA) is 20.3 Å². The van der Waals surface area contributed by atoms with Gasteiger partial charge < -0.3 is 0 Å². The van der Waals surface area contributed by atoms with E-state index in [9.17, 15) is 4.79 Å². The molecule has 1 radical (unpaired) electrons. The molecule has 0 saturated heterocycles. The first kappa shape index (κ1) is 11.0. The monoisotopic (exact) mass is 174 g/mol. The van der Waals surface area contributed by atoms with Crippen LogP contribution in [0.2, 0.25) is 0 Å². The second kappa shape index (κ2) is 4.12. The maximum Gasteiger partial charge on any atom is 0.282 e. The summed E-state index contributed by atoms with van der Waals surface area (Å²) in [5.41, 5.74) is 1.87. The van der Waals surface area contributed by atoms with E-state index in [1.807, 2.05) is 9.92 Å². The fraction of sp³-hybridized carbons (Fsp3) is 0.875. The first-order valence-corrected chi connectivity index (χ1v) is 4.50. The Morgan fingerprint density at radius 3 is 1.91 bits per heavy atom. The smallest absolute Gasteiger partial charge is 0.276 e. The number of nitrogens with zero attached hydrogens (tertiary/aromatic N) is 1. The van der Waals surface area contributed by atoms with Gasteiger partial charge in [0.15, 0.2) is 0 Å². The summed E-state index contributed by atoms with van der Waals surface area (Å²) in [5, 5.41) is 0. The minimum Gasteiger partial charge on any atom is -0.276 e. The van der Waals surface area contributed by atoms with Gasteiger partial charge in [-0.3, -0.25) is 4.79 Å². The van der Waals surface area contributed by atoms with Crippen LogP contribution in [0.5, 0.6) is 0 Å². The van der Waals surface area contributed by atoms with Crippen LogP contribution >= 0.6 is 11.9 Å². The Bertz CT molecular complexity index is 129. The van der Waals surface area contributed by atoms with E-state index in [-0.39, 0.29) is 5.54 Å². The maximum atomic E-state index is 10.2. The quantitative estimate of drug-likeness (QED) is 0.612. The van der Waals surface area contributed by atoms with Crippen LogP contribution in [0, 0.1) is 0 Å². The highest BCUT2D eigenvalue weighted by Gasteiger charge is 2.24. The molecular formula is C8H16NOS. The largest absolute Gasteiger partial charge is 0.282 e. The molecule has 0 aromatic heterocycles. The summed E-state index contributed by atoms with van der Waals surface area (Å²) in [6.45, 7) is 10.4. The molecule has 3 heteroatoms. The molecule has 0 bridgehead atoms. The number of carbonyl (C=O) groups excluding carboxylic acids is 1. The number of hydrogen-bond acceptors (Lipinski definition) is 3. The lowest BCUT2D eigenvalue weighted by molar-refractivity contribution is 0.233. The van der Waals surface area contributed by atoms with Gasteiger partial charge in [-0.2, -0.15) is 0 Å². The zero-order valence-corrected chi connectivity index (χ0v) is 8.66. The molecule has 0 amide bonds. The van der Waals surface area contributed by atoms with Gasteiger partial charge in [0.05, 0.1) is 0 Å². The second-order valence-corrected chi connectivity index (χ2v) is 4.51. The molecule has 0 fully saturated rings. The van der Waals surface area contributed by atoms with Crippen LogP contribution in [0.4, 0.5) is 0 Å². The van der Waals surface area contributed by atoms with Crippen molar-refractivity contribution in [3.8, 4) is 0 Å². The highest BCUT2D eigenvalue weighted by Crippen LogP contribution is 2.24. The highest BCUT2D eigenvalue weighted by molar-refractivity contribution is 8.09. The first-order valence-electron chi connectivity index (χ1n) is 3.73. The molecule has 65 valence electrons. The molecule has 0 rings (SSSR count). The lowest BCUT2D eigenvalue weighted by Gasteiger charge is -2.35. The average Bonchev–Trinajstić information content (AvgIpc) is 1.79. The molecule has 11 heavy (non-hydrogen) atoms. The van der Waals surface area contributed by atoms with Gasteiger partial charge in [-0.05, 0) is 34.6 Å². The zero-order valence-electron chi connectivity index (χ0n) is 7.84. The molecule has 0 heterocycles. The molecule has 0 saturated carbocycles. The van der Waals surface area contributed by atoms with E-state index in [0.29, 0.717) is 6.04 Å². The van der Waals surface area contributed by atoms with Gasteiger partial charge in [0.2, 0.25) is 0 Å². The van der Waals surface area contributed by atoms with Crippen LogP contribution < -0.4 is 0 Å². The molecule has 0 aromatic rings. The van der Waals surface area contributed by atoms with Crippen molar-refractivity contribution in [1.82, 2.24) is 4.31 Å². The van der Waals surface area contributed by atoms with Gasteiger partial charge in [0.25, 0.3) is 5.62 Å². The SMILES string of the molecule is CC(C)N(S[C]=O)C(C)(C)C. The van der Waals surface area contributed by atoms with E-state index < -0.39 is 0 Å². The van der Waals surface area contributed by atoms with Crippen molar-refractivity contribution in [3.05, 3.63) is 0 Å². The fourth-order valence-electron chi connectivity index (χ4n) is 1.06. The molecular weight excluding hydrogens is 158 g/mol. The van der Waals surface area contributed by atoms with E-state index in [0.717, 1.165) is 11.9 Å². The summed E-state index contributed by atoms with van der Waals surface area (Å²) >= 11 is 1.12. The molecule has 0 N–H and O–H groups in total. The van der Waals surface area contributed by atoms with Crippen molar-refractivity contribution in [2.75, 3.05) is 0 Å². The number of rotatable bonds is 3. The minimum atomic E-state index is 0.0241. The molecule has 0 spiro atoms. The third-order valence-electron chi connectivity index (χ3n) is 1.27. The van der Waals surface area contributed by atoms with Gasteiger partial charge in [-0.25, -0.2) is 4.31 Å². The Kier molecular flexibility index (Phi) is 4.11. The highest BCUT2D eigenvalue weighted by atomic mass is 32.2. The Morgan fingerprint density at radius 1 is 1.36 bits per heavy atom. The van der Waals surface area contributed by atoms with E-state index in [1.165, 1.54) is 0 Å². The molecule has 0 unspecified atom stereocenters. The average molecular weight is 174 g/mol. The van der Waals surface area contributed by atoms with Crippen LogP contribution in [-0.2, 0) is 4.79 Å². The van der Waals surface area contributed by atoms with Crippen molar-refractivity contribution in [2.24, 2.45) is 0 Å². The lowest BCUT2D eigenvalue weighted by atomic mass is 10.1. The van der Waals surface area contributed by atoms with Crippen molar-refractivity contribution < 1.29 is 4.79 Å². The molecule has 0 atom stereocenters. The van der Waals surface area contributed by atoms with Gasteiger partial charge in [-0.15, -0.1) is 0 Å². The van der Waals surface area contributed by atoms with E-state index in [2.05, 4.69) is 34.6 Å². The van der Waals surface area contributed by atoms with Gasteiger partial charge >= 0.3 is 0 Å². The Balaban J connectivity index is 4.21. The summed E-state index contributed by atoms with van der Waals surface area (Å²) in [6.07, 6.45) is 0. The predicted octanol–water partition coefficient (Wildman–Crippen LogP) is 2.21. The Labute approximate surface area is 73.5 Å². The molecule has 0 aliphatic heterocycles. The van der Waals surface area contributed by atoms with Gasteiger partial charge in [0.1, 0.15) is 0 Å². The van der Waals surface area contributed by atoms with Gasteiger partial charge in [-0.1, -0.05) is 0 Å². The van der Waals surface area contributed by atoms with E-state index in [4.69, 9.17) is 0 Å². The number of hydrogen-bond donors (Lipinski definition) is 0. The zero-order chi connectivity index (χ0) is 9.07. The summed E-state index contributed by atoms with van der Waals surface area (Å²) in [6, 6.07) is 0.362. The Hall–Kier alpha value is -0.0200. The molecule has 0 aliphatic rings.